The van der Waals surface area contributed by atoms with E-state index in [2.05, 4.69) is 9.98 Å². The van der Waals surface area contributed by atoms with Gasteiger partial charge in [-0.05, 0) is 19.8 Å². The molecular weight excluding hydrogens is 292 g/mol. The molecule has 0 aromatic heterocycles. The summed E-state index contributed by atoms with van der Waals surface area (Å²) in [5.74, 6) is 0.182. The van der Waals surface area contributed by atoms with Gasteiger partial charge in [-0.15, -0.1) is 4.00 Å². The fraction of sp³-hybridized carbons (Fsp3) is 0.500. The van der Waals surface area contributed by atoms with Crippen molar-refractivity contribution < 1.29 is 13.5 Å². The van der Waals surface area contributed by atoms with Crippen LogP contribution in [0.4, 0.5) is 4.79 Å². The highest BCUT2D eigenvalue weighted by molar-refractivity contribution is 6.14. The first-order valence-electron chi connectivity index (χ1n) is 7.15. The summed E-state index contributed by atoms with van der Waals surface area (Å²) in [7, 11) is 0. The molecule has 110 valence electrons. The lowest BCUT2D eigenvalue weighted by Gasteiger charge is -2.33. The van der Waals surface area contributed by atoms with Crippen LogP contribution in [0.3, 0.4) is 0 Å². The Bertz CT molecular complexity index is 626. The van der Waals surface area contributed by atoms with Gasteiger partial charge in [0.25, 0.3) is 0 Å². The SMILES string of the molecule is CC1OC(=O)N2C[C@H](C3=C4C=NC=C[N+]4(Cl)C=N3)CC[C@@H]12. The van der Waals surface area contributed by atoms with Crippen LogP contribution in [0, 0.1) is 5.92 Å². The molecule has 0 aromatic carbocycles. The van der Waals surface area contributed by atoms with Crippen molar-refractivity contribution in [3.63, 3.8) is 0 Å². The van der Waals surface area contributed by atoms with E-state index in [1.54, 1.807) is 25.0 Å². The zero-order valence-electron chi connectivity index (χ0n) is 11.6. The van der Waals surface area contributed by atoms with Crippen molar-refractivity contribution in [3.05, 3.63) is 23.8 Å². The molecule has 0 aromatic rings. The first kappa shape index (κ1) is 13.0. The number of cyclic esters (lactones) is 1. The number of carbonyl (C=O) groups excluding carboxylic acids is 1. The van der Waals surface area contributed by atoms with E-state index in [4.69, 9.17) is 16.5 Å². The number of allylic oxidation sites excluding steroid dienone is 1. The van der Waals surface area contributed by atoms with E-state index in [0.29, 0.717) is 6.54 Å². The third-order valence-electron chi connectivity index (χ3n) is 4.64. The topological polar surface area (TPSA) is 54.3 Å². The summed E-state index contributed by atoms with van der Waals surface area (Å²) in [6, 6.07) is 0.194. The number of halogens is 1. The summed E-state index contributed by atoms with van der Waals surface area (Å²) in [5.41, 5.74) is 1.81. The molecule has 4 aliphatic rings. The molecule has 4 rings (SSSR count). The Morgan fingerprint density at radius 1 is 1.48 bits per heavy atom. The smallest absolute Gasteiger partial charge is 0.410 e. The fourth-order valence-corrected chi connectivity index (χ4v) is 3.73. The molecule has 21 heavy (non-hydrogen) atoms. The van der Waals surface area contributed by atoms with Gasteiger partial charge in [0.05, 0.1) is 18.5 Å². The van der Waals surface area contributed by atoms with Crippen LogP contribution in [0.2, 0.25) is 0 Å². The third kappa shape index (κ3) is 1.86. The summed E-state index contributed by atoms with van der Waals surface area (Å²) in [4.78, 5) is 22.4. The van der Waals surface area contributed by atoms with Gasteiger partial charge in [-0.25, -0.2) is 4.79 Å². The minimum absolute atomic E-state index is 0.0229. The second-order valence-electron chi connectivity index (χ2n) is 5.86. The minimum Gasteiger partial charge on any atom is -0.444 e. The van der Waals surface area contributed by atoms with Gasteiger partial charge in [0.2, 0.25) is 12.0 Å². The lowest BCUT2D eigenvalue weighted by Crippen LogP contribution is -2.44. The first-order valence-corrected chi connectivity index (χ1v) is 7.48. The van der Waals surface area contributed by atoms with Gasteiger partial charge in [0.1, 0.15) is 18.0 Å². The first-order chi connectivity index (χ1) is 10.1. The maximum absolute atomic E-state index is 11.9. The summed E-state index contributed by atoms with van der Waals surface area (Å²) >= 11 is 6.50. The molecule has 2 saturated heterocycles. The maximum atomic E-state index is 11.9. The lowest BCUT2D eigenvalue weighted by molar-refractivity contribution is -0.592. The van der Waals surface area contributed by atoms with E-state index in [9.17, 15) is 4.79 Å². The fourth-order valence-electron chi connectivity index (χ4n) is 3.51. The van der Waals surface area contributed by atoms with E-state index in [-0.39, 0.29) is 28.2 Å². The number of aliphatic imine (C=N–C) groups is 2. The van der Waals surface area contributed by atoms with Crippen LogP contribution in [-0.2, 0) is 4.74 Å². The van der Waals surface area contributed by atoms with Gasteiger partial charge in [0, 0.05) is 12.5 Å². The number of amides is 1. The Morgan fingerprint density at radius 2 is 2.33 bits per heavy atom. The number of nitrogens with zero attached hydrogens (tertiary/aromatic N) is 4. The molecule has 0 saturated carbocycles. The normalized spacial score (nSPS) is 40.6. The van der Waals surface area contributed by atoms with Crippen LogP contribution in [0.15, 0.2) is 33.8 Å². The molecule has 0 radical (unpaired) electrons. The standard InChI is InChI=1S/C14H16ClN4O2/c1-9-11-3-2-10(7-18(11)14(20)21-9)13-12-6-16-4-5-19(12,15)8-17-13/h4-6,8-11H,2-3,7H2,1H3/q+1/t9?,10-,11+,19?/m1/s1. The van der Waals surface area contributed by atoms with Gasteiger partial charge >= 0.3 is 6.09 Å². The quantitative estimate of drug-likeness (QED) is 0.698. The van der Waals surface area contributed by atoms with Gasteiger partial charge in [-0.2, -0.15) is 4.99 Å². The summed E-state index contributed by atoms with van der Waals surface area (Å²) in [6.07, 6.45) is 8.58. The highest BCUT2D eigenvalue weighted by Crippen LogP contribution is 2.40. The Hall–Kier alpha value is -1.66. The Balaban J connectivity index is 1.63. The van der Waals surface area contributed by atoms with Crippen molar-refractivity contribution in [2.45, 2.75) is 31.9 Å². The molecule has 2 fully saturated rings. The minimum atomic E-state index is -0.214. The highest BCUT2D eigenvalue weighted by atomic mass is 35.5. The molecule has 0 aliphatic carbocycles. The number of ether oxygens (including phenoxy) is 1. The molecule has 0 N–H and O–H groups in total. The Morgan fingerprint density at radius 3 is 3.19 bits per heavy atom. The molecule has 0 bridgehead atoms. The van der Waals surface area contributed by atoms with E-state index >= 15 is 0 Å². The van der Waals surface area contributed by atoms with E-state index in [1.807, 2.05) is 11.8 Å². The molecule has 4 aliphatic heterocycles. The van der Waals surface area contributed by atoms with E-state index in [0.717, 1.165) is 24.2 Å². The number of hydrogen-bond acceptors (Lipinski definition) is 4. The van der Waals surface area contributed by atoms with E-state index in [1.165, 1.54) is 0 Å². The van der Waals surface area contributed by atoms with Crippen molar-refractivity contribution in [1.29, 1.82) is 0 Å². The predicted octanol–water partition coefficient (Wildman–Crippen LogP) is 2.39. The summed E-state index contributed by atoms with van der Waals surface area (Å²) < 4.78 is 5.35. The zero-order valence-corrected chi connectivity index (χ0v) is 12.4. The van der Waals surface area contributed by atoms with Crippen LogP contribution >= 0.6 is 11.8 Å². The number of fused-ring (bicyclic) bond motifs is 2. The predicted molar refractivity (Wildman–Crippen MR) is 78.4 cm³/mol. The second-order valence-corrected chi connectivity index (χ2v) is 6.42. The summed E-state index contributed by atoms with van der Waals surface area (Å²) in [6.45, 7) is 2.59. The van der Waals surface area contributed by atoms with Gasteiger partial charge < -0.3 is 9.64 Å². The molecule has 4 atom stereocenters. The maximum Gasteiger partial charge on any atom is 0.410 e. The van der Waals surface area contributed by atoms with Crippen molar-refractivity contribution in [3.8, 4) is 0 Å². The van der Waals surface area contributed by atoms with Crippen LogP contribution in [0.25, 0.3) is 0 Å². The van der Waals surface area contributed by atoms with Crippen molar-refractivity contribution in [1.82, 2.24) is 4.90 Å². The van der Waals surface area contributed by atoms with Crippen molar-refractivity contribution in [2.24, 2.45) is 15.9 Å². The number of carbonyl (C=O) groups is 1. The monoisotopic (exact) mass is 307 g/mol. The van der Waals surface area contributed by atoms with Crippen LogP contribution < -0.4 is 0 Å². The van der Waals surface area contributed by atoms with Gasteiger partial charge in [0.15, 0.2) is 11.8 Å². The van der Waals surface area contributed by atoms with Gasteiger partial charge in [-0.1, -0.05) is 0 Å². The number of piperidine rings is 1. The van der Waals surface area contributed by atoms with Crippen molar-refractivity contribution in [2.75, 3.05) is 6.54 Å². The Kier molecular flexibility index (Phi) is 2.74. The zero-order chi connectivity index (χ0) is 14.6. The van der Waals surface area contributed by atoms with Crippen LogP contribution in [-0.4, -0.2) is 46.2 Å². The largest absolute Gasteiger partial charge is 0.444 e. The molecule has 1 amide bonds. The van der Waals surface area contributed by atoms with Crippen molar-refractivity contribution >= 4 is 30.4 Å². The number of quaternary nitrogens is 1. The highest BCUT2D eigenvalue weighted by Gasteiger charge is 2.47. The average Bonchev–Trinajstić information content (AvgIpc) is 2.96. The molecule has 4 heterocycles. The van der Waals surface area contributed by atoms with Gasteiger partial charge in [-0.3, -0.25) is 4.99 Å². The number of hydrogen-bond donors (Lipinski definition) is 0. The lowest BCUT2D eigenvalue weighted by atomic mass is 9.88. The number of rotatable bonds is 1. The molecular formula is C14H16ClN4O2+. The molecule has 6 nitrogen and oxygen atoms in total. The van der Waals surface area contributed by atoms with E-state index < -0.39 is 0 Å². The van der Waals surface area contributed by atoms with Crippen LogP contribution in [0.5, 0.6) is 0 Å². The Labute approximate surface area is 127 Å². The molecule has 0 spiro atoms. The van der Waals surface area contributed by atoms with Crippen LogP contribution in [0.1, 0.15) is 19.8 Å². The third-order valence-corrected chi connectivity index (χ3v) is 5.02. The second kappa shape index (κ2) is 4.42. The average molecular weight is 308 g/mol. The molecule has 2 unspecified atom stereocenters. The summed E-state index contributed by atoms with van der Waals surface area (Å²) in [5, 5.41) is 0. The molecule has 7 heteroatoms.